The van der Waals surface area contributed by atoms with E-state index in [1.807, 2.05) is 0 Å². The molecule has 1 unspecified atom stereocenters. The lowest BCUT2D eigenvalue weighted by Crippen LogP contribution is -2.14. The van der Waals surface area contributed by atoms with Crippen LogP contribution in [0.15, 0.2) is 16.6 Å². The summed E-state index contributed by atoms with van der Waals surface area (Å²) in [6.45, 7) is 4.23. The van der Waals surface area contributed by atoms with Crippen LogP contribution in [0.1, 0.15) is 44.7 Å². The van der Waals surface area contributed by atoms with E-state index < -0.39 is 17.7 Å². The van der Waals surface area contributed by atoms with Crippen molar-refractivity contribution in [2.24, 2.45) is 11.7 Å². The van der Waals surface area contributed by atoms with Crippen LogP contribution in [0.2, 0.25) is 0 Å². The van der Waals surface area contributed by atoms with Crippen LogP contribution in [-0.2, 0) is 0 Å². The summed E-state index contributed by atoms with van der Waals surface area (Å²) in [5.41, 5.74) is 5.83. The van der Waals surface area contributed by atoms with Crippen molar-refractivity contribution in [2.45, 2.75) is 39.2 Å². The molecule has 96 valence electrons. The van der Waals surface area contributed by atoms with E-state index in [9.17, 15) is 8.78 Å². The van der Waals surface area contributed by atoms with Crippen molar-refractivity contribution in [1.82, 2.24) is 0 Å². The van der Waals surface area contributed by atoms with E-state index in [0.717, 1.165) is 12.8 Å². The topological polar surface area (TPSA) is 26.0 Å². The van der Waals surface area contributed by atoms with Gasteiger partial charge >= 0.3 is 0 Å². The summed E-state index contributed by atoms with van der Waals surface area (Å²) in [6.07, 6.45) is 2.51. The minimum absolute atomic E-state index is 0.00282. The molecule has 1 atom stereocenters. The highest BCUT2D eigenvalue weighted by Crippen LogP contribution is 2.26. The van der Waals surface area contributed by atoms with Gasteiger partial charge < -0.3 is 5.73 Å². The Hall–Kier alpha value is -0.480. The Bertz CT molecular complexity index is 357. The van der Waals surface area contributed by atoms with Crippen LogP contribution in [-0.4, -0.2) is 0 Å². The number of rotatable bonds is 5. The molecule has 0 heterocycles. The summed E-state index contributed by atoms with van der Waals surface area (Å²) in [4.78, 5) is 0. The van der Waals surface area contributed by atoms with Crippen LogP contribution in [0.3, 0.4) is 0 Å². The van der Waals surface area contributed by atoms with Crippen LogP contribution >= 0.6 is 15.9 Å². The molecule has 1 aromatic carbocycles. The van der Waals surface area contributed by atoms with E-state index in [-0.39, 0.29) is 5.56 Å². The average Bonchev–Trinajstić information content (AvgIpc) is 2.14. The number of halogens is 3. The minimum atomic E-state index is -0.575. The third kappa shape index (κ3) is 4.36. The van der Waals surface area contributed by atoms with E-state index >= 15 is 0 Å². The van der Waals surface area contributed by atoms with Gasteiger partial charge in [-0.3, -0.25) is 0 Å². The molecule has 1 aromatic rings. The number of hydrogen-bond acceptors (Lipinski definition) is 1. The zero-order valence-electron chi connectivity index (χ0n) is 10.1. The summed E-state index contributed by atoms with van der Waals surface area (Å²) >= 11 is 3.05. The lowest BCUT2D eigenvalue weighted by molar-refractivity contribution is 0.472. The Kier molecular flexibility index (Phi) is 5.53. The predicted octanol–water partition coefficient (Wildman–Crippen LogP) is 4.55. The van der Waals surface area contributed by atoms with Gasteiger partial charge in [0.25, 0.3) is 0 Å². The Morgan fingerprint density at radius 2 is 1.71 bits per heavy atom. The van der Waals surface area contributed by atoms with Crippen molar-refractivity contribution < 1.29 is 8.78 Å². The van der Waals surface area contributed by atoms with Crippen LogP contribution in [0.5, 0.6) is 0 Å². The molecule has 0 aromatic heterocycles. The Morgan fingerprint density at radius 1 is 1.18 bits per heavy atom. The van der Waals surface area contributed by atoms with Gasteiger partial charge in [0.05, 0.1) is 0 Å². The molecule has 0 radical (unpaired) electrons. The molecule has 0 aliphatic rings. The van der Waals surface area contributed by atoms with E-state index in [1.54, 1.807) is 0 Å². The predicted molar refractivity (Wildman–Crippen MR) is 69.7 cm³/mol. The van der Waals surface area contributed by atoms with Crippen molar-refractivity contribution in [2.75, 3.05) is 0 Å². The van der Waals surface area contributed by atoms with Gasteiger partial charge in [-0.05, 0) is 24.5 Å². The Morgan fingerprint density at radius 3 is 2.18 bits per heavy atom. The van der Waals surface area contributed by atoms with Gasteiger partial charge in [0.2, 0.25) is 0 Å². The van der Waals surface area contributed by atoms with Gasteiger partial charge in [0.15, 0.2) is 0 Å². The zero-order chi connectivity index (χ0) is 13.0. The summed E-state index contributed by atoms with van der Waals surface area (Å²) in [5.74, 6) is -0.565. The monoisotopic (exact) mass is 305 g/mol. The number of nitrogens with two attached hydrogens (primary N) is 1. The SMILES string of the molecule is CC(C)CCCC(N)c1c(F)cc(Br)cc1F. The smallest absolute Gasteiger partial charge is 0.132 e. The highest BCUT2D eigenvalue weighted by atomic mass is 79.9. The lowest BCUT2D eigenvalue weighted by Gasteiger charge is -2.15. The van der Waals surface area contributed by atoms with Crippen molar-refractivity contribution in [1.29, 1.82) is 0 Å². The summed E-state index contributed by atoms with van der Waals surface area (Å²) in [7, 11) is 0. The van der Waals surface area contributed by atoms with Crippen molar-refractivity contribution >= 4 is 15.9 Å². The third-order valence-electron chi connectivity index (χ3n) is 2.71. The fourth-order valence-corrected chi connectivity index (χ4v) is 2.20. The molecular formula is C13H18BrF2N. The summed E-state index contributed by atoms with van der Waals surface area (Å²) < 4.78 is 27.6. The van der Waals surface area contributed by atoms with Gasteiger partial charge in [0, 0.05) is 16.1 Å². The van der Waals surface area contributed by atoms with Crippen molar-refractivity contribution in [3.8, 4) is 0 Å². The molecule has 1 rings (SSSR count). The Balaban J connectivity index is 2.72. The first kappa shape index (κ1) is 14.6. The van der Waals surface area contributed by atoms with Gasteiger partial charge in [-0.15, -0.1) is 0 Å². The largest absolute Gasteiger partial charge is 0.324 e. The maximum absolute atomic E-state index is 13.6. The van der Waals surface area contributed by atoms with Gasteiger partial charge in [0.1, 0.15) is 11.6 Å². The molecule has 0 aliphatic heterocycles. The number of benzene rings is 1. The first-order valence-corrected chi connectivity index (χ1v) is 6.61. The van der Waals surface area contributed by atoms with Gasteiger partial charge in [-0.1, -0.05) is 42.6 Å². The fourth-order valence-electron chi connectivity index (χ4n) is 1.80. The van der Waals surface area contributed by atoms with Gasteiger partial charge in [-0.25, -0.2) is 8.78 Å². The summed E-state index contributed by atoms with van der Waals surface area (Å²) in [6, 6.07) is 1.93. The molecule has 0 spiro atoms. The molecule has 2 N–H and O–H groups in total. The second-order valence-corrected chi connectivity index (χ2v) is 5.63. The first-order chi connectivity index (χ1) is 7.91. The minimum Gasteiger partial charge on any atom is -0.324 e. The second kappa shape index (κ2) is 6.45. The normalized spacial score (nSPS) is 13.1. The molecule has 0 bridgehead atoms. The van der Waals surface area contributed by atoms with Crippen LogP contribution in [0, 0.1) is 17.6 Å². The van der Waals surface area contributed by atoms with E-state index in [1.165, 1.54) is 12.1 Å². The molecule has 0 saturated heterocycles. The molecule has 17 heavy (non-hydrogen) atoms. The highest BCUT2D eigenvalue weighted by molar-refractivity contribution is 9.10. The molecule has 0 fully saturated rings. The zero-order valence-corrected chi connectivity index (χ0v) is 11.7. The van der Waals surface area contributed by atoms with Crippen molar-refractivity contribution in [3.63, 3.8) is 0 Å². The van der Waals surface area contributed by atoms with E-state index in [0.29, 0.717) is 16.8 Å². The molecular weight excluding hydrogens is 288 g/mol. The van der Waals surface area contributed by atoms with E-state index in [4.69, 9.17) is 5.73 Å². The fraction of sp³-hybridized carbons (Fsp3) is 0.538. The third-order valence-corrected chi connectivity index (χ3v) is 3.17. The standard InChI is InChI=1S/C13H18BrF2N/c1-8(2)4-3-5-12(17)13-10(15)6-9(14)7-11(13)16/h6-8,12H,3-5,17H2,1-2H3. The summed E-state index contributed by atoms with van der Waals surface area (Å²) in [5, 5.41) is 0. The number of hydrogen-bond donors (Lipinski definition) is 1. The molecule has 0 amide bonds. The quantitative estimate of drug-likeness (QED) is 0.848. The van der Waals surface area contributed by atoms with Crippen LogP contribution < -0.4 is 5.73 Å². The lowest BCUT2D eigenvalue weighted by atomic mass is 9.98. The van der Waals surface area contributed by atoms with Crippen LogP contribution in [0.25, 0.3) is 0 Å². The average molecular weight is 306 g/mol. The van der Waals surface area contributed by atoms with Gasteiger partial charge in [-0.2, -0.15) is 0 Å². The second-order valence-electron chi connectivity index (χ2n) is 4.71. The maximum Gasteiger partial charge on any atom is 0.132 e. The molecule has 4 heteroatoms. The maximum atomic E-state index is 13.6. The molecule has 0 aliphatic carbocycles. The molecule has 1 nitrogen and oxygen atoms in total. The van der Waals surface area contributed by atoms with Crippen molar-refractivity contribution in [3.05, 3.63) is 33.8 Å². The molecule has 0 saturated carbocycles. The van der Waals surface area contributed by atoms with E-state index in [2.05, 4.69) is 29.8 Å². The Labute approximate surface area is 110 Å². The first-order valence-electron chi connectivity index (χ1n) is 5.81. The van der Waals surface area contributed by atoms with Crippen LogP contribution in [0.4, 0.5) is 8.78 Å². The highest BCUT2D eigenvalue weighted by Gasteiger charge is 2.17.